The largest absolute Gasteiger partial charge is 0.455 e. The Balaban J connectivity index is 2.35. The summed E-state index contributed by atoms with van der Waals surface area (Å²) in [6.07, 6.45) is 1.45. The van der Waals surface area contributed by atoms with Crippen molar-refractivity contribution in [3.05, 3.63) is 57.4 Å². The summed E-state index contributed by atoms with van der Waals surface area (Å²) in [6.45, 7) is 0. The summed E-state index contributed by atoms with van der Waals surface area (Å²) in [7, 11) is 0. The Hall–Kier alpha value is -2.87. The molecule has 1 aromatic carbocycles. The van der Waals surface area contributed by atoms with Gasteiger partial charge >= 0.3 is 0 Å². The van der Waals surface area contributed by atoms with Gasteiger partial charge in [0.25, 0.3) is 5.69 Å². The first-order chi connectivity index (χ1) is 10.0. The molecule has 1 aromatic heterocycles. The van der Waals surface area contributed by atoms with Crippen LogP contribution in [0.25, 0.3) is 0 Å². The van der Waals surface area contributed by atoms with Crippen LogP contribution in [0.15, 0.2) is 41.7 Å². The highest BCUT2D eigenvalue weighted by molar-refractivity contribution is 6.32. The van der Waals surface area contributed by atoms with E-state index in [0.717, 1.165) is 0 Å². The van der Waals surface area contributed by atoms with Gasteiger partial charge in [0.1, 0.15) is 10.8 Å². The van der Waals surface area contributed by atoms with Crippen molar-refractivity contribution in [1.29, 1.82) is 0 Å². The summed E-state index contributed by atoms with van der Waals surface area (Å²) in [6, 6.07) is 7.04. The van der Waals surface area contributed by atoms with E-state index >= 15 is 0 Å². The number of oxime groups is 1. The highest BCUT2D eigenvalue weighted by Gasteiger charge is 2.15. The van der Waals surface area contributed by atoms with Gasteiger partial charge in [-0.1, -0.05) is 16.8 Å². The Labute approximate surface area is 123 Å². The highest BCUT2D eigenvalue weighted by atomic mass is 35.5. The van der Waals surface area contributed by atoms with Gasteiger partial charge in [-0.05, 0) is 18.2 Å². The average Bonchev–Trinajstić information content (AvgIpc) is 2.46. The predicted molar refractivity (Wildman–Crippen MR) is 74.9 cm³/mol. The molecule has 0 aliphatic heterocycles. The molecule has 21 heavy (non-hydrogen) atoms. The fourth-order valence-electron chi connectivity index (χ4n) is 1.54. The van der Waals surface area contributed by atoms with E-state index in [1.54, 1.807) is 12.1 Å². The number of halogens is 1. The van der Waals surface area contributed by atoms with Gasteiger partial charge in [-0.25, -0.2) is 4.98 Å². The lowest BCUT2D eigenvalue weighted by Crippen LogP contribution is -2.15. The molecule has 1 heterocycles. The number of benzene rings is 1. The number of rotatable bonds is 4. The predicted octanol–water partition coefficient (Wildman–Crippen LogP) is 2.53. The summed E-state index contributed by atoms with van der Waals surface area (Å²) < 4.78 is 5.51. The number of hydrogen-bond donors (Lipinski definition) is 2. The SMILES string of the molecule is N/C(=N/O)c1ncccc1Oc1ccc([N+](=O)[O-])c(Cl)c1. The second-order valence-corrected chi connectivity index (χ2v) is 4.21. The van der Waals surface area contributed by atoms with Crippen molar-refractivity contribution in [2.45, 2.75) is 0 Å². The number of ether oxygens (including phenoxy) is 1. The van der Waals surface area contributed by atoms with Crippen molar-refractivity contribution in [3.63, 3.8) is 0 Å². The van der Waals surface area contributed by atoms with Crippen molar-refractivity contribution in [2.24, 2.45) is 10.9 Å². The first kappa shape index (κ1) is 14.5. The van der Waals surface area contributed by atoms with Crippen LogP contribution in [0.5, 0.6) is 11.5 Å². The van der Waals surface area contributed by atoms with Gasteiger partial charge in [0.15, 0.2) is 17.3 Å². The Morgan fingerprint density at radius 2 is 2.24 bits per heavy atom. The molecule has 0 radical (unpaired) electrons. The monoisotopic (exact) mass is 308 g/mol. The van der Waals surface area contributed by atoms with Crippen LogP contribution in [-0.4, -0.2) is 21.0 Å². The third-order valence-electron chi connectivity index (χ3n) is 2.46. The van der Waals surface area contributed by atoms with Crippen molar-refractivity contribution in [1.82, 2.24) is 4.98 Å². The second-order valence-electron chi connectivity index (χ2n) is 3.81. The molecular weight excluding hydrogens is 300 g/mol. The van der Waals surface area contributed by atoms with Gasteiger partial charge in [-0.2, -0.15) is 0 Å². The quantitative estimate of drug-likeness (QED) is 0.294. The number of nitro benzene ring substituents is 1. The molecule has 0 atom stereocenters. The number of amidine groups is 1. The molecule has 0 aliphatic carbocycles. The lowest BCUT2D eigenvalue weighted by Gasteiger charge is -2.09. The summed E-state index contributed by atoms with van der Waals surface area (Å²) in [5, 5.41) is 22.2. The maximum absolute atomic E-state index is 10.7. The second kappa shape index (κ2) is 6.06. The third kappa shape index (κ3) is 3.18. The molecule has 0 bridgehead atoms. The smallest absolute Gasteiger partial charge is 0.288 e. The molecule has 0 spiro atoms. The van der Waals surface area contributed by atoms with Crippen LogP contribution < -0.4 is 10.5 Å². The van der Waals surface area contributed by atoms with E-state index in [0.29, 0.717) is 0 Å². The minimum absolute atomic E-state index is 0.0632. The Kier molecular flexibility index (Phi) is 4.19. The van der Waals surface area contributed by atoms with E-state index in [2.05, 4.69) is 10.1 Å². The van der Waals surface area contributed by atoms with Gasteiger partial charge < -0.3 is 15.7 Å². The van der Waals surface area contributed by atoms with Gasteiger partial charge in [0, 0.05) is 18.3 Å². The minimum atomic E-state index is -0.599. The van der Waals surface area contributed by atoms with Gasteiger partial charge in [0.05, 0.1) is 4.92 Å². The number of pyridine rings is 1. The van der Waals surface area contributed by atoms with E-state index in [1.165, 1.54) is 24.4 Å². The van der Waals surface area contributed by atoms with Crippen LogP contribution in [0.4, 0.5) is 5.69 Å². The molecule has 0 saturated carbocycles. The molecule has 0 aliphatic rings. The van der Waals surface area contributed by atoms with Gasteiger partial charge in [0.2, 0.25) is 0 Å². The van der Waals surface area contributed by atoms with E-state index in [4.69, 9.17) is 27.3 Å². The molecule has 0 unspecified atom stereocenters. The molecule has 108 valence electrons. The van der Waals surface area contributed by atoms with Crippen LogP contribution in [0.2, 0.25) is 5.02 Å². The van der Waals surface area contributed by atoms with Crippen LogP contribution in [0.3, 0.4) is 0 Å². The zero-order valence-corrected chi connectivity index (χ0v) is 11.2. The van der Waals surface area contributed by atoms with E-state index < -0.39 is 4.92 Å². The number of hydrogen-bond acceptors (Lipinski definition) is 6. The molecule has 2 rings (SSSR count). The van der Waals surface area contributed by atoms with Gasteiger partial charge in [-0.15, -0.1) is 0 Å². The standard InChI is InChI=1S/C12H9ClN4O4/c13-8-6-7(3-4-9(8)17(19)20)21-10-2-1-5-15-11(10)12(14)16-18/h1-6,18H,(H2,14,16). The molecular formula is C12H9ClN4O4. The van der Waals surface area contributed by atoms with Crippen molar-refractivity contribution in [3.8, 4) is 11.5 Å². The molecule has 0 saturated heterocycles. The average molecular weight is 309 g/mol. The normalized spacial score (nSPS) is 11.2. The third-order valence-corrected chi connectivity index (χ3v) is 2.77. The maximum Gasteiger partial charge on any atom is 0.288 e. The van der Waals surface area contributed by atoms with Crippen LogP contribution in [0.1, 0.15) is 5.69 Å². The topological polar surface area (TPSA) is 124 Å². The molecule has 3 N–H and O–H groups in total. The van der Waals surface area contributed by atoms with Gasteiger partial charge in [-0.3, -0.25) is 10.1 Å². The molecule has 0 fully saturated rings. The first-order valence-corrected chi connectivity index (χ1v) is 5.95. The molecule has 9 heteroatoms. The van der Waals surface area contributed by atoms with E-state index in [1.807, 2.05) is 0 Å². The Morgan fingerprint density at radius 1 is 1.48 bits per heavy atom. The number of nitro groups is 1. The van der Waals surface area contributed by atoms with E-state index in [-0.39, 0.29) is 33.7 Å². The lowest BCUT2D eigenvalue weighted by molar-refractivity contribution is -0.384. The first-order valence-electron chi connectivity index (χ1n) is 5.57. The highest BCUT2D eigenvalue weighted by Crippen LogP contribution is 2.31. The fourth-order valence-corrected chi connectivity index (χ4v) is 1.78. The van der Waals surface area contributed by atoms with Crippen molar-refractivity contribution >= 4 is 23.1 Å². The van der Waals surface area contributed by atoms with Crippen LogP contribution in [0, 0.1) is 10.1 Å². The number of aromatic nitrogens is 1. The summed E-state index contributed by atoms with van der Waals surface area (Å²) in [5.74, 6) is 0.252. The zero-order chi connectivity index (χ0) is 15.4. The lowest BCUT2D eigenvalue weighted by atomic mass is 10.3. The fraction of sp³-hybridized carbons (Fsp3) is 0. The molecule has 8 nitrogen and oxygen atoms in total. The number of nitrogens with zero attached hydrogens (tertiary/aromatic N) is 3. The zero-order valence-electron chi connectivity index (χ0n) is 10.4. The maximum atomic E-state index is 10.7. The number of nitrogens with two attached hydrogens (primary N) is 1. The summed E-state index contributed by atoms with van der Waals surface area (Å²) in [4.78, 5) is 14.0. The molecule has 0 amide bonds. The molecule has 2 aromatic rings. The van der Waals surface area contributed by atoms with Crippen LogP contribution >= 0.6 is 11.6 Å². The van der Waals surface area contributed by atoms with E-state index in [9.17, 15) is 10.1 Å². The van der Waals surface area contributed by atoms with Crippen molar-refractivity contribution in [2.75, 3.05) is 0 Å². The van der Waals surface area contributed by atoms with Crippen LogP contribution in [-0.2, 0) is 0 Å². The minimum Gasteiger partial charge on any atom is -0.455 e. The Morgan fingerprint density at radius 3 is 2.86 bits per heavy atom. The summed E-state index contributed by atoms with van der Waals surface area (Å²) in [5.41, 5.74) is 5.39. The summed E-state index contributed by atoms with van der Waals surface area (Å²) >= 11 is 5.79. The van der Waals surface area contributed by atoms with Crippen molar-refractivity contribution < 1.29 is 14.9 Å². The Bertz CT molecular complexity index is 720.